The number of rotatable bonds is 6. The van der Waals surface area contributed by atoms with Crippen molar-refractivity contribution in [1.29, 1.82) is 10.5 Å². The van der Waals surface area contributed by atoms with Crippen molar-refractivity contribution in [3.8, 4) is 40.5 Å². The molecule has 25 heavy (non-hydrogen) atoms. The molecule has 0 saturated heterocycles. The number of ether oxygens (including phenoxy) is 3. The van der Waals surface area contributed by atoms with Gasteiger partial charge < -0.3 is 19.5 Å². The summed E-state index contributed by atoms with van der Waals surface area (Å²) in [4.78, 5) is 0. The molecule has 0 aliphatic rings. The minimum atomic E-state index is -0.00168. The molecule has 0 saturated carbocycles. The third-order valence-corrected chi connectivity index (χ3v) is 3.48. The standard InChI is InChI=1S/C19H17N3O3/c1-23-17-8-15(9-18(24-2)19(17)25-3)14-5-4-6-16(7-14)22-12-13(10-20)11-21/h4-9,12,22H,1-3H3. The van der Waals surface area contributed by atoms with E-state index in [1.54, 1.807) is 33.5 Å². The van der Waals surface area contributed by atoms with Crippen molar-refractivity contribution in [2.24, 2.45) is 0 Å². The van der Waals surface area contributed by atoms with E-state index < -0.39 is 0 Å². The van der Waals surface area contributed by atoms with Crippen LogP contribution in [0.2, 0.25) is 0 Å². The van der Waals surface area contributed by atoms with Crippen molar-refractivity contribution < 1.29 is 14.2 Å². The fourth-order valence-electron chi connectivity index (χ4n) is 2.28. The van der Waals surface area contributed by atoms with E-state index in [1.165, 1.54) is 6.20 Å². The Kier molecular flexibility index (Phi) is 5.86. The Hall–Kier alpha value is -3.64. The molecule has 0 aromatic heterocycles. The second kappa shape index (κ2) is 8.28. The Morgan fingerprint density at radius 1 is 0.920 bits per heavy atom. The molecule has 0 aliphatic carbocycles. The van der Waals surface area contributed by atoms with Gasteiger partial charge in [-0.25, -0.2) is 0 Å². The average molecular weight is 335 g/mol. The highest BCUT2D eigenvalue weighted by atomic mass is 16.5. The van der Waals surface area contributed by atoms with Crippen molar-refractivity contribution in [2.75, 3.05) is 26.6 Å². The summed E-state index contributed by atoms with van der Waals surface area (Å²) in [5, 5.41) is 20.5. The van der Waals surface area contributed by atoms with Gasteiger partial charge in [0.15, 0.2) is 11.5 Å². The smallest absolute Gasteiger partial charge is 0.203 e. The van der Waals surface area contributed by atoms with Crippen LogP contribution in [-0.2, 0) is 0 Å². The summed E-state index contributed by atoms with van der Waals surface area (Å²) in [6, 6.07) is 14.8. The first kappa shape index (κ1) is 17.7. The van der Waals surface area contributed by atoms with Crippen LogP contribution in [-0.4, -0.2) is 21.3 Å². The van der Waals surface area contributed by atoms with E-state index in [0.29, 0.717) is 17.2 Å². The Balaban J connectivity index is 2.43. The highest BCUT2D eigenvalue weighted by Crippen LogP contribution is 2.41. The van der Waals surface area contributed by atoms with Crippen molar-refractivity contribution in [3.63, 3.8) is 0 Å². The highest BCUT2D eigenvalue weighted by molar-refractivity contribution is 5.73. The molecule has 0 unspecified atom stereocenters. The molecular formula is C19H17N3O3. The Labute approximate surface area is 146 Å². The third-order valence-electron chi connectivity index (χ3n) is 3.48. The van der Waals surface area contributed by atoms with E-state index >= 15 is 0 Å². The maximum atomic E-state index is 8.78. The SMILES string of the molecule is COc1cc(-c2cccc(NC=C(C#N)C#N)c2)cc(OC)c1OC. The lowest BCUT2D eigenvalue weighted by atomic mass is 10.0. The second-order valence-electron chi connectivity index (χ2n) is 4.92. The van der Waals surface area contributed by atoms with Gasteiger partial charge in [-0.2, -0.15) is 10.5 Å². The number of benzene rings is 2. The van der Waals surface area contributed by atoms with Gasteiger partial charge in [-0.1, -0.05) is 12.1 Å². The van der Waals surface area contributed by atoms with Crippen LogP contribution >= 0.6 is 0 Å². The highest BCUT2D eigenvalue weighted by Gasteiger charge is 2.14. The van der Waals surface area contributed by atoms with Gasteiger partial charge >= 0.3 is 0 Å². The van der Waals surface area contributed by atoms with Crippen LogP contribution in [0, 0.1) is 22.7 Å². The van der Waals surface area contributed by atoms with Gasteiger partial charge in [0.25, 0.3) is 0 Å². The summed E-state index contributed by atoms with van der Waals surface area (Å²) in [5.41, 5.74) is 2.53. The zero-order chi connectivity index (χ0) is 18.2. The molecule has 2 rings (SSSR count). The van der Waals surface area contributed by atoms with Gasteiger partial charge in [-0.15, -0.1) is 0 Å². The summed E-state index contributed by atoms with van der Waals surface area (Å²) in [7, 11) is 4.68. The average Bonchev–Trinajstić information content (AvgIpc) is 2.67. The van der Waals surface area contributed by atoms with Crippen LogP contribution in [0.25, 0.3) is 11.1 Å². The van der Waals surface area contributed by atoms with Crippen molar-refractivity contribution in [3.05, 3.63) is 48.2 Å². The fourth-order valence-corrected chi connectivity index (χ4v) is 2.28. The molecule has 0 radical (unpaired) electrons. The van der Waals surface area contributed by atoms with Gasteiger partial charge in [0.1, 0.15) is 17.7 Å². The molecule has 6 nitrogen and oxygen atoms in total. The van der Waals surface area contributed by atoms with Gasteiger partial charge in [-0.05, 0) is 35.4 Å². The lowest BCUT2D eigenvalue weighted by Gasteiger charge is -2.14. The molecule has 0 spiro atoms. The van der Waals surface area contributed by atoms with Gasteiger partial charge in [0.05, 0.1) is 21.3 Å². The Morgan fingerprint density at radius 3 is 2.08 bits per heavy atom. The van der Waals surface area contributed by atoms with Crippen LogP contribution in [0.4, 0.5) is 5.69 Å². The molecule has 0 atom stereocenters. The van der Waals surface area contributed by atoms with E-state index in [9.17, 15) is 0 Å². The van der Waals surface area contributed by atoms with Crippen molar-refractivity contribution >= 4 is 5.69 Å². The largest absolute Gasteiger partial charge is 0.493 e. The Bertz CT molecular complexity index is 835. The maximum Gasteiger partial charge on any atom is 0.203 e. The van der Waals surface area contributed by atoms with Gasteiger partial charge in [-0.3, -0.25) is 0 Å². The van der Waals surface area contributed by atoms with Crippen LogP contribution in [0.3, 0.4) is 0 Å². The molecule has 0 aliphatic heterocycles. The summed E-state index contributed by atoms with van der Waals surface area (Å²) >= 11 is 0. The van der Waals surface area contributed by atoms with Crippen molar-refractivity contribution in [2.45, 2.75) is 0 Å². The van der Waals surface area contributed by atoms with Crippen LogP contribution < -0.4 is 19.5 Å². The van der Waals surface area contributed by atoms with E-state index in [4.69, 9.17) is 24.7 Å². The predicted molar refractivity (Wildman–Crippen MR) is 94.5 cm³/mol. The quantitative estimate of drug-likeness (QED) is 0.810. The van der Waals surface area contributed by atoms with Crippen LogP contribution in [0.15, 0.2) is 48.2 Å². The van der Waals surface area contributed by atoms with Crippen LogP contribution in [0.5, 0.6) is 17.2 Å². The molecule has 0 bridgehead atoms. The topological polar surface area (TPSA) is 87.3 Å². The first-order valence-corrected chi connectivity index (χ1v) is 7.34. The lowest BCUT2D eigenvalue weighted by molar-refractivity contribution is 0.324. The van der Waals surface area contributed by atoms with Crippen LogP contribution in [0.1, 0.15) is 0 Å². The number of nitriles is 2. The fraction of sp³-hybridized carbons (Fsp3) is 0.158. The molecule has 0 fully saturated rings. The van der Waals surface area contributed by atoms with Crippen molar-refractivity contribution in [1.82, 2.24) is 0 Å². The number of allylic oxidation sites excluding steroid dienone is 1. The van der Waals surface area contributed by atoms with Gasteiger partial charge in [0, 0.05) is 11.9 Å². The van der Waals surface area contributed by atoms with E-state index in [2.05, 4.69) is 5.32 Å². The molecule has 2 aromatic carbocycles. The molecule has 6 heteroatoms. The zero-order valence-corrected chi connectivity index (χ0v) is 14.2. The molecule has 0 heterocycles. The maximum absolute atomic E-state index is 8.78. The first-order chi connectivity index (χ1) is 12.2. The minimum absolute atomic E-state index is 0.00168. The number of hydrogen-bond donors (Lipinski definition) is 1. The summed E-state index contributed by atoms with van der Waals surface area (Å²) in [6.07, 6.45) is 1.37. The monoisotopic (exact) mass is 335 g/mol. The third kappa shape index (κ3) is 4.01. The normalized spacial score (nSPS) is 9.32. The molecule has 2 aromatic rings. The number of nitrogens with one attached hydrogen (secondary N) is 1. The molecule has 1 N–H and O–H groups in total. The number of hydrogen-bond acceptors (Lipinski definition) is 6. The first-order valence-electron chi connectivity index (χ1n) is 7.34. The number of nitrogens with zero attached hydrogens (tertiary/aromatic N) is 2. The predicted octanol–water partition coefficient (Wildman–Crippen LogP) is 3.72. The minimum Gasteiger partial charge on any atom is -0.493 e. The summed E-state index contributed by atoms with van der Waals surface area (Å²) in [5.74, 6) is 1.65. The number of anilines is 1. The lowest BCUT2D eigenvalue weighted by Crippen LogP contribution is -1.96. The van der Waals surface area contributed by atoms with Gasteiger partial charge in [0.2, 0.25) is 5.75 Å². The Morgan fingerprint density at radius 2 is 1.56 bits per heavy atom. The van der Waals surface area contributed by atoms with E-state index in [1.807, 2.05) is 36.4 Å². The number of methoxy groups -OCH3 is 3. The van der Waals surface area contributed by atoms with E-state index in [0.717, 1.165) is 16.8 Å². The zero-order valence-electron chi connectivity index (χ0n) is 14.2. The molecule has 0 amide bonds. The summed E-state index contributed by atoms with van der Waals surface area (Å²) < 4.78 is 16.1. The van der Waals surface area contributed by atoms with E-state index in [-0.39, 0.29) is 5.57 Å². The molecular weight excluding hydrogens is 318 g/mol. The molecule has 126 valence electrons. The second-order valence-corrected chi connectivity index (χ2v) is 4.92. The summed E-state index contributed by atoms with van der Waals surface area (Å²) in [6.45, 7) is 0.